The number of amides is 1. The highest BCUT2D eigenvalue weighted by molar-refractivity contribution is 7.99. The van der Waals surface area contributed by atoms with Crippen LogP contribution in [0.3, 0.4) is 0 Å². The number of pyridine rings is 1. The minimum Gasteiger partial charge on any atom is -0.349 e. The number of carbonyl (C=O) groups excluding carboxylic acids is 1. The van der Waals surface area contributed by atoms with Crippen molar-refractivity contribution in [1.82, 2.24) is 10.3 Å². The maximum atomic E-state index is 12.9. The van der Waals surface area contributed by atoms with E-state index < -0.39 is 0 Å². The number of rotatable bonds is 3. The van der Waals surface area contributed by atoms with Crippen molar-refractivity contribution in [2.24, 2.45) is 4.99 Å². The molecule has 1 aliphatic carbocycles. The fourth-order valence-corrected chi connectivity index (χ4v) is 5.10. The van der Waals surface area contributed by atoms with Gasteiger partial charge in [-0.15, -0.1) is 0 Å². The molecule has 0 spiro atoms. The first-order chi connectivity index (χ1) is 14.8. The molecule has 1 amide bonds. The number of aromatic nitrogens is 1. The van der Waals surface area contributed by atoms with Gasteiger partial charge in [-0.1, -0.05) is 55.3 Å². The van der Waals surface area contributed by atoms with Crippen LogP contribution in [0.25, 0.3) is 0 Å². The minimum absolute atomic E-state index is 0.00829. The third-order valence-corrected chi connectivity index (χ3v) is 6.80. The van der Waals surface area contributed by atoms with Gasteiger partial charge in [-0.2, -0.15) is 0 Å². The monoisotopic (exact) mass is 413 g/mol. The molecular formula is C25H23N3OS. The summed E-state index contributed by atoms with van der Waals surface area (Å²) in [7, 11) is 0. The summed E-state index contributed by atoms with van der Waals surface area (Å²) in [5.74, 6) is -0.00829. The van der Waals surface area contributed by atoms with E-state index in [1.807, 2.05) is 48.5 Å². The lowest BCUT2D eigenvalue weighted by atomic mass is 9.95. The van der Waals surface area contributed by atoms with Gasteiger partial charge in [-0.3, -0.25) is 9.78 Å². The third kappa shape index (κ3) is 3.90. The van der Waals surface area contributed by atoms with Gasteiger partial charge in [0.05, 0.1) is 17.1 Å². The van der Waals surface area contributed by atoms with Crippen LogP contribution in [0.5, 0.6) is 0 Å². The van der Waals surface area contributed by atoms with E-state index in [9.17, 15) is 4.79 Å². The lowest BCUT2D eigenvalue weighted by Crippen LogP contribution is -2.36. The van der Waals surface area contributed by atoms with Gasteiger partial charge in [-0.05, 0) is 49.2 Å². The predicted molar refractivity (Wildman–Crippen MR) is 121 cm³/mol. The van der Waals surface area contributed by atoms with Gasteiger partial charge in [0, 0.05) is 33.2 Å². The summed E-state index contributed by atoms with van der Waals surface area (Å²) in [5.41, 5.74) is 4.20. The molecule has 30 heavy (non-hydrogen) atoms. The van der Waals surface area contributed by atoms with Gasteiger partial charge in [0.15, 0.2) is 0 Å². The van der Waals surface area contributed by atoms with Crippen LogP contribution in [0.1, 0.15) is 53.7 Å². The molecule has 0 atom stereocenters. The first kappa shape index (κ1) is 19.1. The Morgan fingerprint density at radius 2 is 1.77 bits per heavy atom. The van der Waals surface area contributed by atoms with Gasteiger partial charge in [0.25, 0.3) is 5.91 Å². The van der Waals surface area contributed by atoms with Crippen molar-refractivity contribution >= 4 is 29.1 Å². The second-order valence-corrected chi connectivity index (χ2v) is 8.85. The molecule has 4 nitrogen and oxygen atoms in total. The zero-order valence-electron chi connectivity index (χ0n) is 16.7. The molecule has 3 aromatic rings. The summed E-state index contributed by atoms with van der Waals surface area (Å²) in [6.45, 7) is 0. The van der Waals surface area contributed by atoms with Gasteiger partial charge in [-0.25, -0.2) is 4.99 Å². The summed E-state index contributed by atoms with van der Waals surface area (Å²) in [6.07, 6.45) is 7.60. The molecule has 1 fully saturated rings. The number of hydrogen-bond donors (Lipinski definition) is 1. The van der Waals surface area contributed by atoms with Crippen LogP contribution in [-0.4, -0.2) is 22.6 Å². The molecule has 2 aromatic carbocycles. The molecule has 0 saturated heterocycles. The lowest BCUT2D eigenvalue weighted by molar-refractivity contribution is 0.0927. The number of aliphatic imine (C=N–C) groups is 1. The van der Waals surface area contributed by atoms with E-state index in [0.29, 0.717) is 5.56 Å². The van der Waals surface area contributed by atoms with Crippen LogP contribution < -0.4 is 5.32 Å². The molecule has 0 unspecified atom stereocenters. The Labute approximate surface area is 180 Å². The number of nitrogens with zero attached hydrogens (tertiary/aromatic N) is 2. The summed E-state index contributed by atoms with van der Waals surface area (Å²) >= 11 is 1.68. The van der Waals surface area contributed by atoms with Crippen LogP contribution in [0.2, 0.25) is 0 Å². The highest BCUT2D eigenvalue weighted by Gasteiger charge is 2.21. The van der Waals surface area contributed by atoms with Crippen molar-refractivity contribution in [3.63, 3.8) is 0 Å². The number of benzene rings is 2. The molecule has 1 aromatic heterocycles. The highest BCUT2D eigenvalue weighted by Crippen LogP contribution is 2.41. The van der Waals surface area contributed by atoms with Gasteiger partial charge in [0.1, 0.15) is 0 Å². The van der Waals surface area contributed by atoms with Gasteiger partial charge in [0.2, 0.25) is 0 Å². The molecule has 0 bridgehead atoms. The Morgan fingerprint density at radius 1 is 0.933 bits per heavy atom. The van der Waals surface area contributed by atoms with E-state index in [1.165, 1.54) is 19.3 Å². The van der Waals surface area contributed by atoms with Crippen molar-refractivity contribution in [2.75, 3.05) is 0 Å². The van der Waals surface area contributed by atoms with E-state index >= 15 is 0 Å². The first-order valence-electron chi connectivity index (χ1n) is 10.5. The van der Waals surface area contributed by atoms with Crippen LogP contribution >= 0.6 is 11.8 Å². The van der Waals surface area contributed by atoms with E-state index in [2.05, 4.69) is 22.4 Å². The average Bonchev–Trinajstić information content (AvgIpc) is 2.96. The fourth-order valence-electron chi connectivity index (χ4n) is 4.10. The SMILES string of the molecule is O=C(NC1CCCCC1)c1ccc2c(c1)N=C(c1ccccn1)c1ccccc1S2. The molecule has 5 rings (SSSR count). The predicted octanol–water partition coefficient (Wildman–Crippen LogP) is 5.78. The van der Waals surface area contributed by atoms with Crippen molar-refractivity contribution in [1.29, 1.82) is 0 Å². The standard InChI is InChI=1S/C25H23N3OS/c29-25(27-18-8-2-1-3-9-18)17-13-14-23-21(16-17)28-24(20-11-6-7-15-26-20)19-10-4-5-12-22(19)30-23/h4-7,10-16,18H,1-3,8-9H2,(H,27,29). The number of fused-ring (bicyclic) bond motifs is 2. The zero-order chi connectivity index (χ0) is 20.3. The summed E-state index contributed by atoms with van der Waals surface area (Å²) in [6, 6.07) is 20.2. The van der Waals surface area contributed by atoms with Crippen LogP contribution in [0.4, 0.5) is 5.69 Å². The van der Waals surface area contributed by atoms with Crippen molar-refractivity contribution in [3.8, 4) is 0 Å². The van der Waals surface area contributed by atoms with Crippen LogP contribution in [0.15, 0.2) is 81.6 Å². The van der Waals surface area contributed by atoms with Gasteiger partial charge < -0.3 is 5.32 Å². The lowest BCUT2D eigenvalue weighted by Gasteiger charge is -2.22. The van der Waals surface area contributed by atoms with Crippen molar-refractivity contribution in [3.05, 3.63) is 83.7 Å². The Bertz CT molecular complexity index is 1100. The summed E-state index contributed by atoms with van der Waals surface area (Å²) in [5, 5.41) is 3.21. The second-order valence-electron chi connectivity index (χ2n) is 7.76. The number of nitrogens with one attached hydrogen (secondary N) is 1. The Kier molecular flexibility index (Phi) is 5.37. The molecule has 1 N–H and O–H groups in total. The highest BCUT2D eigenvalue weighted by atomic mass is 32.2. The molecular weight excluding hydrogens is 390 g/mol. The third-order valence-electron chi connectivity index (χ3n) is 5.66. The average molecular weight is 414 g/mol. The Hall–Kier alpha value is -2.92. The van der Waals surface area contributed by atoms with Crippen molar-refractivity contribution < 1.29 is 4.79 Å². The van der Waals surface area contributed by atoms with E-state index in [-0.39, 0.29) is 11.9 Å². The molecule has 5 heteroatoms. The Balaban J connectivity index is 1.53. The molecule has 2 aliphatic rings. The smallest absolute Gasteiger partial charge is 0.251 e. The topological polar surface area (TPSA) is 54.4 Å². The van der Waals surface area contributed by atoms with Crippen LogP contribution in [-0.2, 0) is 0 Å². The molecule has 150 valence electrons. The quantitative estimate of drug-likeness (QED) is 0.463. The first-order valence-corrected chi connectivity index (χ1v) is 11.3. The Morgan fingerprint density at radius 3 is 2.60 bits per heavy atom. The fraction of sp³-hybridized carbons (Fsp3) is 0.240. The maximum absolute atomic E-state index is 12.9. The zero-order valence-corrected chi connectivity index (χ0v) is 17.5. The van der Waals surface area contributed by atoms with E-state index in [1.54, 1.807) is 18.0 Å². The largest absolute Gasteiger partial charge is 0.349 e. The molecule has 2 heterocycles. The summed E-state index contributed by atoms with van der Waals surface area (Å²) in [4.78, 5) is 24.6. The normalized spacial score (nSPS) is 16.1. The minimum atomic E-state index is -0.00829. The number of carbonyl (C=O) groups is 1. The maximum Gasteiger partial charge on any atom is 0.251 e. The molecule has 1 aliphatic heterocycles. The van der Waals surface area contributed by atoms with E-state index in [0.717, 1.165) is 45.3 Å². The van der Waals surface area contributed by atoms with Crippen molar-refractivity contribution in [2.45, 2.75) is 47.9 Å². The van der Waals surface area contributed by atoms with Gasteiger partial charge >= 0.3 is 0 Å². The second kappa shape index (κ2) is 8.44. The number of hydrogen-bond acceptors (Lipinski definition) is 4. The molecule has 1 saturated carbocycles. The molecule has 0 radical (unpaired) electrons. The van der Waals surface area contributed by atoms with E-state index in [4.69, 9.17) is 4.99 Å². The summed E-state index contributed by atoms with van der Waals surface area (Å²) < 4.78 is 0. The van der Waals surface area contributed by atoms with Crippen LogP contribution in [0, 0.1) is 0 Å².